The van der Waals surface area contributed by atoms with Crippen molar-refractivity contribution in [1.29, 1.82) is 0 Å². The van der Waals surface area contributed by atoms with E-state index in [1.165, 1.54) is 0 Å². The predicted molar refractivity (Wildman–Crippen MR) is 401 cm³/mol. The van der Waals surface area contributed by atoms with E-state index in [1.807, 2.05) is 10.6 Å². The van der Waals surface area contributed by atoms with E-state index in [0.717, 1.165) is 0 Å². The molecule has 13 amide bonds. The summed E-state index contributed by atoms with van der Waals surface area (Å²) in [5.74, 6) is -6.60. The first-order valence-corrected chi connectivity index (χ1v) is 36.6. The van der Waals surface area contributed by atoms with Crippen molar-refractivity contribution in [3.63, 3.8) is 0 Å². The van der Waals surface area contributed by atoms with Crippen molar-refractivity contribution in [2.75, 3.05) is 78.9 Å². The number of alkyl carbamates (subject to hydrolysis) is 3. The number of aliphatic hydroxyl groups is 1. The third-order valence-electron chi connectivity index (χ3n) is 14.7. The van der Waals surface area contributed by atoms with E-state index >= 15 is 0 Å². The normalized spacial score (nSPS) is 12.8. The second-order valence-electron chi connectivity index (χ2n) is 28.1. The topological polar surface area (TPSA) is 513 Å². The Morgan fingerprint density at radius 2 is 0.726 bits per heavy atom. The molecule has 38 heteroatoms. The lowest BCUT2D eigenvalue weighted by Gasteiger charge is -2.26. The highest BCUT2D eigenvalue weighted by molar-refractivity contribution is 5.96. The Kier molecular flexibility index (Phi) is 45.2. The van der Waals surface area contributed by atoms with Crippen molar-refractivity contribution in [2.45, 2.75) is 193 Å². The molecule has 0 saturated carbocycles. The van der Waals surface area contributed by atoms with Crippen molar-refractivity contribution >= 4 is 90.0 Å². The van der Waals surface area contributed by atoms with Crippen LogP contribution < -0.4 is 63.8 Å². The van der Waals surface area contributed by atoms with E-state index in [4.69, 9.17) is 47.4 Å². The van der Waals surface area contributed by atoms with Gasteiger partial charge in [-0.05, 0) is 137 Å². The number of amides is 13. The molecule has 0 spiro atoms. The molecule has 0 aliphatic carbocycles. The number of hydrogen-bond acceptors (Lipinski definition) is 27. The Morgan fingerprint density at radius 1 is 0.398 bits per heavy atom. The van der Waals surface area contributed by atoms with Crippen molar-refractivity contribution in [3.05, 3.63) is 108 Å². The Balaban J connectivity index is 1.69. The zero-order chi connectivity index (χ0) is 83.6. The average molecular weight is 1600 g/mol. The van der Waals surface area contributed by atoms with Gasteiger partial charge in [-0.3, -0.25) is 53.8 Å². The van der Waals surface area contributed by atoms with Crippen LogP contribution >= 0.6 is 0 Å². The molecule has 0 fully saturated rings. The second kappa shape index (κ2) is 53.1. The summed E-state index contributed by atoms with van der Waals surface area (Å²) < 4.78 is 54.3. The number of carbonyl (C=O) groups is 15. The molecular formula is C75H110N12O26. The van der Waals surface area contributed by atoms with E-state index in [9.17, 15) is 77.0 Å². The van der Waals surface area contributed by atoms with Crippen LogP contribution in [0.25, 0.3) is 0 Å². The molecule has 626 valence electrons. The smallest absolute Gasteiger partial charge is 0.415 e. The van der Waals surface area contributed by atoms with Gasteiger partial charge in [0.25, 0.3) is 0 Å². The Hall–Kier alpha value is -10.9. The molecule has 13 N–H and O–H groups in total. The fourth-order valence-electron chi connectivity index (χ4n) is 9.54. The highest BCUT2D eigenvalue weighted by Gasteiger charge is 2.30. The van der Waals surface area contributed by atoms with Crippen molar-refractivity contribution < 1.29 is 124 Å². The van der Waals surface area contributed by atoms with Crippen molar-refractivity contribution in [1.82, 2.24) is 63.8 Å². The van der Waals surface area contributed by atoms with Gasteiger partial charge in [-0.2, -0.15) is 0 Å². The summed E-state index contributed by atoms with van der Waals surface area (Å²) in [4.78, 5) is 192. The molecule has 6 unspecified atom stereocenters. The minimum Gasteiger partial charge on any atom is -0.460 e. The van der Waals surface area contributed by atoms with E-state index in [2.05, 4.69) is 53.2 Å². The summed E-state index contributed by atoms with van der Waals surface area (Å²) in [6.07, 6.45) is -5.92. The number of rotatable bonds is 50. The summed E-state index contributed by atoms with van der Waals surface area (Å²) in [5, 5.41) is 39.5. The van der Waals surface area contributed by atoms with Gasteiger partial charge in [0.15, 0.2) is 6.35 Å². The Morgan fingerprint density at radius 3 is 1.08 bits per heavy atom. The van der Waals surface area contributed by atoms with Gasteiger partial charge >= 0.3 is 48.2 Å². The molecule has 0 aliphatic rings. The van der Waals surface area contributed by atoms with Crippen LogP contribution in [0, 0.1) is 0 Å². The van der Waals surface area contributed by atoms with Gasteiger partial charge in [-0.15, -0.1) is 0 Å². The number of hydrogen-bond donors (Lipinski definition) is 13. The van der Waals surface area contributed by atoms with Crippen molar-refractivity contribution in [3.8, 4) is 0 Å². The number of aldehydes is 1. The first-order chi connectivity index (χ1) is 53.5. The molecule has 113 heavy (non-hydrogen) atoms. The molecule has 3 aromatic carbocycles. The summed E-state index contributed by atoms with van der Waals surface area (Å²) >= 11 is 0. The zero-order valence-corrected chi connectivity index (χ0v) is 65.3. The molecule has 38 nitrogen and oxygen atoms in total. The van der Waals surface area contributed by atoms with Crippen LogP contribution in [-0.4, -0.2) is 227 Å². The largest absolute Gasteiger partial charge is 0.460 e. The van der Waals surface area contributed by atoms with Crippen LogP contribution in [-0.2, 0) is 115 Å². The maximum absolute atomic E-state index is 13.4. The number of aliphatic hydroxyl groups excluding tert-OH is 1. The van der Waals surface area contributed by atoms with E-state index in [0.29, 0.717) is 23.0 Å². The maximum Gasteiger partial charge on any atom is 0.415 e. The third kappa shape index (κ3) is 48.5. The number of nitrogens with one attached hydrogen (secondary N) is 12. The minimum absolute atomic E-state index is 0.0116. The number of unbranched alkanes of at least 4 members (excludes halogenated alkanes) is 3. The molecule has 0 radical (unpaired) electrons. The first kappa shape index (κ1) is 96.3. The number of carbonyl (C=O) groups excluding carboxylic acids is 15. The number of ether oxygens (including phenoxy) is 10. The molecule has 0 saturated heterocycles. The quantitative estimate of drug-likeness (QED) is 0.0127. The standard InChI is InChI=1S/C75H110N12O26/c1-73(2,3)111-70(101)85-67(98)82-53(64(95)79-39-61(92)108-42-50-25-13-10-14-26-50)31-19-22-34-76-58(89)47-104-45-56(106-38-37-88)57(107-49-60(91)78-36-24-21-33-55(84-69(100)87-72(103)113-75(7,8)9)66(97)81-41-63(94)110-44-52-29-17-12-18-30-52)46-105-48-59(90)77-35-23-20-32-54(83-68(99)86-71(102)112-74(4,5)6)65(96)80-40-62(93)109-43-51-27-15-11-16-28-51/h10-18,25-30,37,53-57,68,83,99H,19-24,31-36,38-49H2,1-9H3,(H,76,89)(H,77,90)(H,78,91)(H,79,95)(H,80,96)(H,81,97)(H,86,102)(H2,82,85,98,101)(H2,84,87,100,103). The van der Waals surface area contributed by atoms with E-state index in [1.54, 1.807) is 153 Å². The SMILES string of the molecule is CC(C)(C)OC(=O)NC(=O)NC(CCCCNC(=O)COCC(OCC=O)C(COCC(=O)NCCCCC(NC(O)NC(=O)OC(C)(C)C)C(=O)NCC(=O)OCc1ccccc1)OCC(=O)NCCCCC(NC(=O)NC(=O)OC(C)(C)C)C(=O)NCC(=O)OCc1ccccc1)C(=O)NCC(=O)OCc1ccccc1. The predicted octanol–water partition coefficient (Wildman–Crippen LogP) is 2.39. The molecule has 3 aromatic rings. The lowest BCUT2D eigenvalue weighted by Crippen LogP contribution is -2.55. The summed E-state index contributed by atoms with van der Waals surface area (Å²) in [6, 6.07) is 20.4. The third-order valence-corrected chi connectivity index (χ3v) is 14.7. The number of esters is 3. The van der Waals surface area contributed by atoms with E-state index < -0.39 is 196 Å². The lowest BCUT2D eigenvalue weighted by molar-refractivity contribution is -0.151. The number of urea groups is 2. The molecular weight excluding hydrogens is 1480 g/mol. The Labute approximate surface area is 655 Å². The van der Waals surface area contributed by atoms with Gasteiger partial charge in [-0.1, -0.05) is 91.0 Å². The molecule has 6 atom stereocenters. The van der Waals surface area contributed by atoms with E-state index in [-0.39, 0.29) is 97.2 Å². The fraction of sp³-hybridized carbons (Fsp3) is 0.560. The van der Waals surface area contributed by atoms with Gasteiger partial charge in [0.1, 0.15) is 113 Å². The van der Waals surface area contributed by atoms with Crippen LogP contribution in [0.4, 0.5) is 24.0 Å². The number of benzene rings is 3. The van der Waals surface area contributed by atoms with Gasteiger partial charge in [0.05, 0.1) is 19.3 Å². The summed E-state index contributed by atoms with van der Waals surface area (Å²) in [5.41, 5.74) is -0.727. The zero-order valence-electron chi connectivity index (χ0n) is 65.3. The van der Waals surface area contributed by atoms with Crippen LogP contribution in [0.1, 0.15) is 137 Å². The summed E-state index contributed by atoms with van der Waals surface area (Å²) in [7, 11) is 0. The highest BCUT2D eigenvalue weighted by Crippen LogP contribution is 2.13. The van der Waals surface area contributed by atoms with Crippen LogP contribution in [0.3, 0.4) is 0 Å². The highest BCUT2D eigenvalue weighted by atomic mass is 16.6. The monoisotopic (exact) mass is 1590 g/mol. The van der Waals surface area contributed by atoms with Crippen LogP contribution in [0.5, 0.6) is 0 Å². The second-order valence-corrected chi connectivity index (χ2v) is 28.1. The van der Waals surface area contributed by atoms with Crippen LogP contribution in [0.15, 0.2) is 91.0 Å². The van der Waals surface area contributed by atoms with Crippen molar-refractivity contribution in [2.24, 2.45) is 0 Å². The van der Waals surface area contributed by atoms with Gasteiger partial charge < -0.3 is 99.8 Å². The molecule has 0 bridgehead atoms. The van der Waals surface area contributed by atoms with Gasteiger partial charge in [0, 0.05) is 19.6 Å². The summed E-state index contributed by atoms with van der Waals surface area (Å²) in [6.45, 7) is 9.11. The fourth-order valence-corrected chi connectivity index (χ4v) is 9.54. The van der Waals surface area contributed by atoms with Gasteiger partial charge in [-0.25, -0.2) is 34.6 Å². The molecule has 0 aliphatic heterocycles. The minimum atomic E-state index is -1.78. The maximum atomic E-state index is 13.4. The molecule has 0 heterocycles. The Bertz CT molecular complexity index is 3490. The number of imide groups is 2. The first-order valence-electron chi connectivity index (χ1n) is 36.6. The molecule has 0 aromatic heterocycles. The van der Waals surface area contributed by atoms with Gasteiger partial charge in [0.2, 0.25) is 35.4 Å². The molecule has 3 rings (SSSR count). The lowest BCUT2D eigenvalue weighted by atomic mass is 10.1. The van der Waals surface area contributed by atoms with Crippen LogP contribution in [0.2, 0.25) is 0 Å². The average Bonchev–Trinajstić information content (AvgIpc) is 0.882.